The van der Waals surface area contributed by atoms with Gasteiger partial charge in [-0.2, -0.15) is 0 Å². The van der Waals surface area contributed by atoms with Gasteiger partial charge >= 0.3 is 12.1 Å². The van der Waals surface area contributed by atoms with E-state index < -0.39 is 24.2 Å². The molecule has 1 aliphatic heterocycles. The first-order chi connectivity index (χ1) is 11.6. The maximum Gasteiger partial charge on any atom is 0.410 e. The Morgan fingerprint density at radius 3 is 2.62 bits per heavy atom. The fraction of sp³-hybridized carbons (Fsp3) is 0.556. The minimum Gasteiger partial charge on any atom is -0.464 e. The van der Waals surface area contributed by atoms with E-state index in [1.165, 1.54) is 4.90 Å². The lowest BCUT2D eigenvalue weighted by Gasteiger charge is -2.25. The van der Waals surface area contributed by atoms with Crippen LogP contribution in [0.1, 0.15) is 25.3 Å². The maximum absolute atomic E-state index is 12.5. The van der Waals surface area contributed by atoms with E-state index in [0.717, 1.165) is 12.0 Å². The molecule has 6 nitrogen and oxygen atoms in total. The number of aliphatic hydroxyl groups excluding tert-OH is 1. The van der Waals surface area contributed by atoms with Crippen LogP contribution in [-0.2, 0) is 20.9 Å². The Bertz CT molecular complexity index is 590. The number of amides is 1. The highest BCUT2D eigenvalue weighted by atomic mass is 16.6. The monoisotopic (exact) mass is 333 g/mol. The quantitative estimate of drug-likeness (QED) is 0.853. The van der Waals surface area contributed by atoms with Gasteiger partial charge in [0.15, 0.2) is 0 Å². The van der Waals surface area contributed by atoms with E-state index in [9.17, 15) is 14.7 Å². The second-order valence-electron chi connectivity index (χ2n) is 6.36. The number of likely N-dealkylation sites (tertiary alicyclic amines) is 1. The van der Waals surface area contributed by atoms with Crippen molar-refractivity contribution in [2.75, 3.05) is 13.2 Å². The summed E-state index contributed by atoms with van der Waals surface area (Å²) in [4.78, 5) is 26.2. The average molecular weight is 333 g/mol. The number of carbonyl (C=O) groups is 2. The molecule has 1 aromatic carbocycles. The zero-order valence-electron chi connectivity index (χ0n) is 13.8. The zero-order chi connectivity index (χ0) is 17.1. The van der Waals surface area contributed by atoms with Gasteiger partial charge in [0.2, 0.25) is 0 Å². The molecule has 1 heterocycles. The number of aliphatic hydroxyl groups is 1. The molecule has 2 aliphatic rings. The molecule has 2 fully saturated rings. The molecule has 0 unspecified atom stereocenters. The number of benzene rings is 1. The average Bonchev–Trinajstić information content (AvgIpc) is 3.14. The molecule has 1 saturated heterocycles. The first-order valence-electron chi connectivity index (χ1n) is 8.43. The van der Waals surface area contributed by atoms with Crippen molar-refractivity contribution >= 4 is 12.1 Å². The first-order valence-corrected chi connectivity index (χ1v) is 8.43. The van der Waals surface area contributed by atoms with E-state index in [1.807, 2.05) is 30.3 Å². The van der Waals surface area contributed by atoms with Crippen LogP contribution in [0.15, 0.2) is 30.3 Å². The summed E-state index contributed by atoms with van der Waals surface area (Å²) in [6.07, 6.45) is 0.382. The van der Waals surface area contributed by atoms with Crippen molar-refractivity contribution in [3.8, 4) is 0 Å². The second-order valence-corrected chi connectivity index (χ2v) is 6.36. The predicted molar refractivity (Wildman–Crippen MR) is 86.0 cm³/mol. The number of hydrogen-bond acceptors (Lipinski definition) is 5. The normalized spacial score (nSPS) is 28.5. The van der Waals surface area contributed by atoms with Crippen molar-refractivity contribution in [3.63, 3.8) is 0 Å². The minimum absolute atomic E-state index is 0.0525. The number of esters is 1. The van der Waals surface area contributed by atoms with Gasteiger partial charge in [0.05, 0.1) is 12.7 Å². The predicted octanol–water partition coefficient (Wildman–Crippen LogP) is 1.96. The van der Waals surface area contributed by atoms with Crippen LogP contribution < -0.4 is 0 Å². The molecule has 0 bridgehead atoms. The summed E-state index contributed by atoms with van der Waals surface area (Å²) < 4.78 is 10.5. The number of hydrogen-bond donors (Lipinski definition) is 1. The van der Waals surface area contributed by atoms with Gasteiger partial charge in [0.1, 0.15) is 12.6 Å². The Morgan fingerprint density at radius 2 is 1.92 bits per heavy atom. The Hall–Kier alpha value is -2.08. The third-order valence-electron chi connectivity index (χ3n) is 4.96. The zero-order valence-corrected chi connectivity index (χ0v) is 13.8. The number of rotatable bonds is 4. The van der Waals surface area contributed by atoms with E-state index >= 15 is 0 Å². The molecule has 6 heteroatoms. The summed E-state index contributed by atoms with van der Waals surface area (Å²) in [5.41, 5.74) is 0.887. The lowest BCUT2D eigenvalue weighted by Crippen LogP contribution is -2.44. The molecule has 0 radical (unpaired) electrons. The van der Waals surface area contributed by atoms with Gasteiger partial charge in [-0.25, -0.2) is 9.59 Å². The van der Waals surface area contributed by atoms with Crippen LogP contribution in [0, 0.1) is 11.8 Å². The topological polar surface area (TPSA) is 76.1 Å². The van der Waals surface area contributed by atoms with Crippen molar-refractivity contribution in [1.82, 2.24) is 4.90 Å². The van der Waals surface area contributed by atoms with Crippen molar-refractivity contribution < 1.29 is 24.2 Å². The van der Waals surface area contributed by atoms with Crippen LogP contribution in [0.4, 0.5) is 4.79 Å². The SMILES string of the molecule is CCOC(=O)[C@@H]1[C@H]2CC[C@H](O)[C@H]2CN1C(=O)OCc1ccccc1. The van der Waals surface area contributed by atoms with Crippen LogP contribution >= 0.6 is 0 Å². The molecular formula is C18H23NO5. The fourth-order valence-corrected chi connectivity index (χ4v) is 3.82. The van der Waals surface area contributed by atoms with Gasteiger partial charge in [0.25, 0.3) is 0 Å². The number of carbonyl (C=O) groups excluding carboxylic acids is 2. The molecule has 4 atom stereocenters. The lowest BCUT2D eigenvalue weighted by molar-refractivity contribution is -0.149. The molecule has 0 aromatic heterocycles. The van der Waals surface area contributed by atoms with Gasteiger partial charge in [-0.05, 0) is 31.2 Å². The lowest BCUT2D eigenvalue weighted by atomic mass is 9.93. The molecule has 1 amide bonds. The molecule has 24 heavy (non-hydrogen) atoms. The first kappa shape index (κ1) is 16.8. The summed E-state index contributed by atoms with van der Waals surface area (Å²) in [7, 11) is 0. The van der Waals surface area contributed by atoms with E-state index in [2.05, 4.69) is 0 Å². The van der Waals surface area contributed by atoms with E-state index in [4.69, 9.17) is 9.47 Å². The fourth-order valence-electron chi connectivity index (χ4n) is 3.82. The Kier molecular flexibility index (Phi) is 5.04. The second kappa shape index (κ2) is 7.21. The summed E-state index contributed by atoms with van der Waals surface area (Å²) in [5.74, 6) is -0.539. The molecule has 1 aliphatic carbocycles. The number of nitrogens with zero attached hydrogens (tertiary/aromatic N) is 1. The molecule has 1 saturated carbocycles. The van der Waals surface area contributed by atoms with Gasteiger partial charge in [-0.3, -0.25) is 4.90 Å². The van der Waals surface area contributed by atoms with Crippen molar-refractivity contribution in [1.29, 1.82) is 0 Å². The van der Waals surface area contributed by atoms with Crippen LogP contribution in [0.2, 0.25) is 0 Å². The van der Waals surface area contributed by atoms with Crippen LogP contribution in [0.5, 0.6) is 0 Å². The van der Waals surface area contributed by atoms with Crippen molar-refractivity contribution in [3.05, 3.63) is 35.9 Å². The highest BCUT2D eigenvalue weighted by Crippen LogP contribution is 2.43. The summed E-state index contributed by atoms with van der Waals surface area (Å²) >= 11 is 0. The highest BCUT2D eigenvalue weighted by Gasteiger charge is 2.53. The maximum atomic E-state index is 12.5. The van der Waals surface area contributed by atoms with Crippen LogP contribution in [0.3, 0.4) is 0 Å². The largest absolute Gasteiger partial charge is 0.464 e. The molecule has 130 valence electrons. The molecular weight excluding hydrogens is 310 g/mol. The van der Waals surface area contributed by atoms with E-state index in [-0.39, 0.29) is 25.0 Å². The van der Waals surface area contributed by atoms with Gasteiger partial charge in [0, 0.05) is 12.5 Å². The van der Waals surface area contributed by atoms with E-state index in [1.54, 1.807) is 6.92 Å². The summed E-state index contributed by atoms with van der Waals surface area (Å²) in [6.45, 7) is 2.50. The smallest absolute Gasteiger partial charge is 0.410 e. The Balaban J connectivity index is 1.69. The van der Waals surface area contributed by atoms with Crippen LogP contribution in [0.25, 0.3) is 0 Å². The molecule has 0 spiro atoms. The Morgan fingerprint density at radius 1 is 1.17 bits per heavy atom. The van der Waals surface area contributed by atoms with Gasteiger partial charge < -0.3 is 14.6 Å². The van der Waals surface area contributed by atoms with Gasteiger partial charge in [-0.1, -0.05) is 30.3 Å². The Labute approximate surface area is 141 Å². The third-order valence-corrected chi connectivity index (χ3v) is 4.96. The number of fused-ring (bicyclic) bond motifs is 1. The summed E-state index contributed by atoms with van der Waals surface area (Å²) in [6, 6.07) is 8.74. The van der Waals surface area contributed by atoms with Gasteiger partial charge in [-0.15, -0.1) is 0 Å². The molecule has 1 aromatic rings. The van der Waals surface area contributed by atoms with Crippen molar-refractivity contribution in [2.45, 2.75) is 38.5 Å². The standard InChI is InChI=1S/C18H23NO5/c1-2-23-17(21)16-13-8-9-15(20)14(13)10-19(16)18(22)24-11-12-6-4-3-5-7-12/h3-7,13-16,20H,2,8-11H2,1H3/t13-,14-,15-,16-/m0/s1. The third kappa shape index (κ3) is 3.24. The molecule has 1 N–H and O–H groups in total. The highest BCUT2D eigenvalue weighted by molar-refractivity contribution is 5.82. The van der Waals surface area contributed by atoms with Crippen LogP contribution in [-0.4, -0.2) is 47.4 Å². The van der Waals surface area contributed by atoms with Crippen molar-refractivity contribution in [2.24, 2.45) is 11.8 Å². The minimum atomic E-state index is -0.657. The summed E-state index contributed by atoms with van der Waals surface area (Å²) in [5, 5.41) is 10.1. The number of ether oxygens (including phenoxy) is 2. The molecule has 3 rings (SSSR count). The van der Waals surface area contributed by atoms with E-state index in [0.29, 0.717) is 13.0 Å².